The average molecular weight is 440 g/mol. The van der Waals surface area contributed by atoms with E-state index in [1.807, 2.05) is 18.2 Å². The zero-order chi connectivity index (χ0) is 22.6. The highest BCUT2D eigenvalue weighted by atomic mass is 16.5. The summed E-state index contributed by atoms with van der Waals surface area (Å²) in [5, 5.41) is 4.39. The van der Waals surface area contributed by atoms with Crippen LogP contribution in [0.5, 0.6) is 5.75 Å². The molecule has 1 atom stereocenters. The molecule has 0 fully saturated rings. The van der Waals surface area contributed by atoms with Crippen LogP contribution in [0, 0.1) is 0 Å². The van der Waals surface area contributed by atoms with Gasteiger partial charge in [-0.25, -0.2) is 0 Å². The van der Waals surface area contributed by atoms with Crippen LogP contribution in [-0.2, 0) is 17.8 Å². The van der Waals surface area contributed by atoms with Gasteiger partial charge >= 0.3 is 0 Å². The summed E-state index contributed by atoms with van der Waals surface area (Å²) in [4.78, 5) is 18.5. The molecular weight excluding hydrogens is 410 g/mol. The van der Waals surface area contributed by atoms with Gasteiger partial charge < -0.3 is 15.0 Å². The number of para-hydroxylation sites is 1. The second kappa shape index (κ2) is 9.51. The predicted octanol–water partition coefficient (Wildman–Crippen LogP) is 4.48. The van der Waals surface area contributed by atoms with Crippen LogP contribution in [0.25, 0.3) is 10.9 Å². The molecule has 0 saturated carbocycles. The first-order chi connectivity index (χ1) is 16.2. The van der Waals surface area contributed by atoms with E-state index < -0.39 is 0 Å². The molecule has 0 unspecified atom stereocenters. The zero-order valence-corrected chi connectivity index (χ0v) is 18.9. The molecule has 33 heavy (non-hydrogen) atoms. The molecular formula is C28H29N3O2. The summed E-state index contributed by atoms with van der Waals surface area (Å²) >= 11 is 0. The molecule has 0 saturated heterocycles. The number of nitrogens with one attached hydrogen (secondary N) is 2. The summed E-state index contributed by atoms with van der Waals surface area (Å²) in [6, 6.07) is 24.9. The van der Waals surface area contributed by atoms with E-state index in [2.05, 4.69) is 76.0 Å². The molecule has 0 spiro atoms. The van der Waals surface area contributed by atoms with Crippen molar-refractivity contribution in [1.82, 2.24) is 15.2 Å². The summed E-state index contributed by atoms with van der Waals surface area (Å²) in [6.45, 7) is 2.69. The highest BCUT2D eigenvalue weighted by molar-refractivity contribution is 5.84. The standard InChI is InChI=1S/C28H29N3O2/c1-33-23-12-10-21(11-13-23)25(26-17-29-27-9-5-4-8-24(26)27)16-30-28(32)19-31-15-14-20-6-2-3-7-22(20)18-31/h2-13,17,25,29H,14-16,18-19H2,1H3,(H,30,32)/t25-/m1/s1. The minimum Gasteiger partial charge on any atom is -0.497 e. The smallest absolute Gasteiger partial charge is 0.234 e. The first-order valence-electron chi connectivity index (χ1n) is 11.5. The van der Waals surface area contributed by atoms with Crippen LogP contribution < -0.4 is 10.1 Å². The van der Waals surface area contributed by atoms with Crippen molar-refractivity contribution >= 4 is 16.8 Å². The van der Waals surface area contributed by atoms with Gasteiger partial charge in [-0.05, 0) is 46.9 Å². The third-order valence-corrected chi connectivity index (χ3v) is 6.60. The molecule has 1 amide bonds. The monoisotopic (exact) mass is 439 g/mol. The van der Waals surface area contributed by atoms with Gasteiger partial charge in [0.15, 0.2) is 0 Å². The maximum Gasteiger partial charge on any atom is 0.234 e. The van der Waals surface area contributed by atoms with Crippen molar-refractivity contribution in [2.75, 3.05) is 26.7 Å². The average Bonchev–Trinajstić information content (AvgIpc) is 3.28. The topological polar surface area (TPSA) is 57.4 Å². The van der Waals surface area contributed by atoms with Crippen molar-refractivity contribution in [3.63, 3.8) is 0 Å². The van der Waals surface area contributed by atoms with Crippen molar-refractivity contribution in [3.05, 3.63) is 101 Å². The van der Waals surface area contributed by atoms with Crippen LogP contribution >= 0.6 is 0 Å². The van der Waals surface area contributed by atoms with E-state index in [9.17, 15) is 4.79 Å². The van der Waals surface area contributed by atoms with E-state index in [-0.39, 0.29) is 11.8 Å². The molecule has 5 heteroatoms. The molecule has 1 aliphatic rings. The number of fused-ring (bicyclic) bond motifs is 2. The molecule has 2 heterocycles. The fourth-order valence-corrected chi connectivity index (χ4v) is 4.79. The summed E-state index contributed by atoms with van der Waals surface area (Å²) in [7, 11) is 1.67. The first kappa shape index (κ1) is 21.3. The molecule has 1 aliphatic heterocycles. The Morgan fingerprint density at radius 1 is 1.03 bits per heavy atom. The van der Waals surface area contributed by atoms with Crippen LogP contribution in [0.3, 0.4) is 0 Å². The largest absolute Gasteiger partial charge is 0.497 e. The van der Waals surface area contributed by atoms with E-state index in [1.54, 1.807) is 7.11 Å². The number of aromatic nitrogens is 1. The van der Waals surface area contributed by atoms with Gasteiger partial charge in [0.25, 0.3) is 0 Å². The molecule has 0 radical (unpaired) electrons. The van der Waals surface area contributed by atoms with Crippen LogP contribution in [-0.4, -0.2) is 42.5 Å². The van der Waals surface area contributed by atoms with Crippen LogP contribution in [0.1, 0.15) is 28.2 Å². The number of carbonyl (C=O) groups is 1. The van der Waals surface area contributed by atoms with Crippen molar-refractivity contribution in [1.29, 1.82) is 0 Å². The molecule has 1 aromatic heterocycles. The van der Waals surface area contributed by atoms with Gasteiger partial charge in [-0.3, -0.25) is 9.69 Å². The Hall–Kier alpha value is -3.57. The van der Waals surface area contributed by atoms with Gasteiger partial charge in [-0.2, -0.15) is 0 Å². The van der Waals surface area contributed by atoms with Gasteiger partial charge in [-0.15, -0.1) is 0 Å². The Morgan fingerprint density at radius 3 is 2.61 bits per heavy atom. The number of ether oxygens (including phenoxy) is 1. The van der Waals surface area contributed by atoms with E-state index in [4.69, 9.17) is 4.74 Å². The molecule has 2 N–H and O–H groups in total. The summed E-state index contributed by atoms with van der Waals surface area (Å²) in [6.07, 6.45) is 3.06. The van der Waals surface area contributed by atoms with E-state index in [1.165, 1.54) is 22.1 Å². The number of aromatic amines is 1. The number of carbonyl (C=O) groups excluding carboxylic acids is 1. The fraction of sp³-hybridized carbons (Fsp3) is 0.250. The Bertz CT molecular complexity index is 1250. The minimum absolute atomic E-state index is 0.0399. The fourth-order valence-electron chi connectivity index (χ4n) is 4.79. The van der Waals surface area contributed by atoms with Crippen molar-refractivity contribution in [2.24, 2.45) is 0 Å². The van der Waals surface area contributed by atoms with Gasteiger partial charge in [0.1, 0.15) is 5.75 Å². The zero-order valence-electron chi connectivity index (χ0n) is 18.9. The first-order valence-corrected chi connectivity index (χ1v) is 11.5. The van der Waals surface area contributed by atoms with E-state index in [0.29, 0.717) is 13.1 Å². The predicted molar refractivity (Wildman–Crippen MR) is 132 cm³/mol. The lowest BCUT2D eigenvalue weighted by molar-refractivity contribution is -0.122. The second-order valence-corrected chi connectivity index (χ2v) is 8.65. The summed E-state index contributed by atoms with van der Waals surface area (Å²) in [5.74, 6) is 0.927. The van der Waals surface area contributed by atoms with Gasteiger partial charge in [0.05, 0.1) is 13.7 Å². The highest BCUT2D eigenvalue weighted by Gasteiger charge is 2.21. The SMILES string of the molecule is COc1ccc([C@@H](CNC(=O)CN2CCc3ccccc3C2)c2c[nH]c3ccccc23)cc1. The number of benzene rings is 3. The van der Waals surface area contributed by atoms with Crippen molar-refractivity contribution in [2.45, 2.75) is 18.9 Å². The van der Waals surface area contributed by atoms with Gasteiger partial charge in [-0.1, -0.05) is 54.6 Å². The van der Waals surface area contributed by atoms with Crippen LogP contribution in [0.2, 0.25) is 0 Å². The number of nitrogens with zero attached hydrogens (tertiary/aromatic N) is 1. The Morgan fingerprint density at radius 2 is 1.79 bits per heavy atom. The lowest BCUT2D eigenvalue weighted by Crippen LogP contribution is -2.41. The van der Waals surface area contributed by atoms with Crippen LogP contribution in [0.4, 0.5) is 0 Å². The molecule has 0 bridgehead atoms. The lowest BCUT2D eigenvalue weighted by Gasteiger charge is -2.28. The van der Waals surface area contributed by atoms with Crippen LogP contribution in [0.15, 0.2) is 79.0 Å². The number of rotatable bonds is 7. The number of H-pyrrole nitrogens is 1. The number of hydrogen-bond acceptors (Lipinski definition) is 3. The summed E-state index contributed by atoms with van der Waals surface area (Å²) in [5.41, 5.74) is 6.15. The Balaban J connectivity index is 1.31. The highest BCUT2D eigenvalue weighted by Crippen LogP contribution is 2.31. The van der Waals surface area contributed by atoms with Gasteiger partial charge in [0.2, 0.25) is 5.91 Å². The number of hydrogen-bond donors (Lipinski definition) is 2. The molecule has 168 valence electrons. The summed E-state index contributed by atoms with van der Waals surface area (Å²) < 4.78 is 5.34. The quantitative estimate of drug-likeness (QED) is 0.446. The third-order valence-electron chi connectivity index (χ3n) is 6.60. The maximum absolute atomic E-state index is 12.9. The normalized spacial score (nSPS) is 14.6. The van der Waals surface area contributed by atoms with Crippen molar-refractivity contribution in [3.8, 4) is 5.75 Å². The molecule has 5 nitrogen and oxygen atoms in total. The number of amides is 1. The maximum atomic E-state index is 12.9. The van der Waals surface area contributed by atoms with E-state index in [0.717, 1.165) is 36.3 Å². The Labute approximate surface area is 194 Å². The second-order valence-electron chi connectivity index (χ2n) is 8.65. The van der Waals surface area contributed by atoms with Gasteiger partial charge in [0, 0.05) is 42.7 Å². The van der Waals surface area contributed by atoms with Crippen molar-refractivity contribution < 1.29 is 9.53 Å². The third kappa shape index (κ3) is 4.64. The number of methoxy groups -OCH3 is 1. The molecule has 4 aromatic rings. The lowest BCUT2D eigenvalue weighted by atomic mass is 9.90. The molecule has 3 aromatic carbocycles. The molecule has 0 aliphatic carbocycles. The molecule has 5 rings (SSSR count). The van der Waals surface area contributed by atoms with E-state index >= 15 is 0 Å². The Kier molecular flexibility index (Phi) is 6.13. The minimum atomic E-state index is 0.0399.